The Bertz CT molecular complexity index is 96.0. The van der Waals surface area contributed by atoms with Crippen molar-refractivity contribution < 1.29 is 13.5 Å². The minimum Gasteiger partial charge on any atom is -0.373 e. The van der Waals surface area contributed by atoms with Crippen LogP contribution in [0.1, 0.15) is 0 Å². The van der Waals surface area contributed by atoms with Gasteiger partial charge in [0.2, 0.25) is 0 Å². The van der Waals surface area contributed by atoms with Crippen LogP contribution in [0.25, 0.3) is 0 Å². The molecule has 1 rings (SSSR count). The molecule has 48 valence electrons. The molecule has 0 aromatic carbocycles. The van der Waals surface area contributed by atoms with E-state index < -0.39 is 18.6 Å². The normalized spacial score (nSPS) is 35.6. The van der Waals surface area contributed by atoms with Crippen LogP contribution in [0.4, 0.5) is 8.78 Å². The molecule has 1 fully saturated rings. The summed E-state index contributed by atoms with van der Waals surface area (Å²) in [7, 11) is 0. The molecule has 0 aliphatic carbocycles. The lowest BCUT2D eigenvalue weighted by Crippen LogP contribution is -2.38. The molecule has 0 aromatic rings. The Hall–Kier alpha value is -0.220. The maximum absolute atomic E-state index is 12.1. The average molecular weight is 123 g/mol. The molecular formula is C4H7F2NO. The van der Waals surface area contributed by atoms with Crippen molar-refractivity contribution in [1.82, 2.24) is 0 Å². The van der Waals surface area contributed by atoms with Gasteiger partial charge >= 0.3 is 0 Å². The van der Waals surface area contributed by atoms with Gasteiger partial charge in [0.05, 0.1) is 12.6 Å². The second-order valence-corrected chi connectivity index (χ2v) is 1.88. The maximum Gasteiger partial charge on any atom is 0.287 e. The van der Waals surface area contributed by atoms with E-state index in [1.54, 1.807) is 0 Å². The van der Waals surface area contributed by atoms with Crippen molar-refractivity contribution in [1.29, 1.82) is 0 Å². The lowest BCUT2D eigenvalue weighted by atomic mass is 10.2. The number of hydrogen-bond donors (Lipinski definition) is 1. The van der Waals surface area contributed by atoms with E-state index in [1.165, 1.54) is 0 Å². The predicted molar refractivity (Wildman–Crippen MR) is 23.7 cm³/mol. The van der Waals surface area contributed by atoms with E-state index in [1.807, 2.05) is 0 Å². The topological polar surface area (TPSA) is 35.2 Å². The molecular weight excluding hydrogens is 116 g/mol. The van der Waals surface area contributed by atoms with Gasteiger partial charge in [-0.25, -0.2) is 8.78 Å². The van der Waals surface area contributed by atoms with Gasteiger partial charge in [-0.2, -0.15) is 0 Å². The Labute approximate surface area is 45.6 Å². The summed E-state index contributed by atoms with van der Waals surface area (Å²) >= 11 is 0. The molecule has 8 heavy (non-hydrogen) atoms. The third-order valence-corrected chi connectivity index (χ3v) is 1.13. The van der Waals surface area contributed by atoms with Crippen LogP contribution in [0, 0.1) is 0 Å². The van der Waals surface area contributed by atoms with Crippen LogP contribution >= 0.6 is 0 Å². The van der Waals surface area contributed by atoms with Crippen molar-refractivity contribution in [2.24, 2.45) is 5.73 Å². The fourth-order valence-corrected chi connectivity index (χ4v) is 0.551. The van der Waals surface area contributed by atoms with Gasteiger partial charge in [-0.1, -0.05) is 0 Å². The number of nitrogens with two attached hydrogens (primary N) is 1. The Balaban J connectivity index is 2.54. The van der Waals surface area contributed by atoms with E-state index >= 15 is 0 Å². The Kier molecular flexibility index (Phi) is 1.21. The van der Waals surface area contributed by atoms with Crippen LogP contribution < -0.4 is 5.73 Å². The first-order valence-electron chi connectivity index (χ1n) is 2.34. The molecule has 1 saturated heterocycles. The monoisotopic (exact) mass is 123 g/mol. The minimum atomic E-state index is -2.79. The SMILES string of the molecule is N[C@H]1COCC1(F)F. The lowest BCUT2D eigenvalue weighted by molar-refractivity contribution is -0.0166. The molecule has 1 aliphatic heterocycles. The second-order valence-electron chi connectivity index (χ2n) is 1.88. The van der Waals surface area contributed by atoms with E-state index in [-0.39, 0.29) is 6.61 Å². The van der Waals surface area contributed by atoms with Gasteiger partial charge in [-0.3, -0.25) is 0 Å². The van der Waals surface area contributed by atoms with E-state index in [0.29, 0.717) is 0 Å². The van der Waals surface area contributed by atoms with Crippen molar-refractivity contribution in [3.8, 4) is 0 Å². The van der Waals surface area contributed by atoms with Crippen LogP contribution in [0.5, 0.6) is 0 Å². The zero-order valence-corrected chi connectivity index (χ0v) is 4.23. The highest BCUT2D eigenvalue weighted by atomic mass is 19.3. The van der Waals surface area contributed by atoms with Gasteiger partial charge in [0, 0.05) is 0 Å². The molecule has 4 heteroatoms. The highest BCUT2D eigenvalue weighted by Gasteiger charge is 2.42. The Morgan fingerprint density at radius 3 is 2.38 bits per heavy atom. The minimum absolute atomic E-state index is 0.0208. The first-order valence-corrected chi connectivity index (χ1v) is 2.34. The molecule has 2 N–H and O–H groups in total. The molecule has 0 unspecified atom stereocenters. The molecule has 0 bridgehead atoms. The van der Waals surface area contributed by atoms with Crippen LogP contribution in [-0.2, 0) is 4.74 Å². The highest BCUT2D eigenvalue weighted by Crippen LogP contribution is 2.22. The van der Waals surface area contributed by atoms with Crippen molar-refractivity contribution >= 4 is 0 Å². The largest absolute Gasteiger partial charge is 0.373 e. The molecule has 1 aliphatic rings. The molecule has 0 radical (unpaired) electrons. The zero-order chi connectivity index (χ0) is 6.20. The second kappa shape index (κ2) is 1.63. The summed E-state index contributed by atoms with van der Waals surface area (Å²) in [6, 6.07) is -1.09. The van der Waals surface area contributed by atoms with Gasteiger partial charge in [-0.05, 0) is 0 Å². The summed E-state index contributed by atoms with van der Waals surface area (Å²) in [5, 5.41) is 0. The predicted octanol–water partition coefficient (Wildman–Crippen LogP) is -0.0208. The van der Waals surface area contributed by atoms with Gasteiger partial charge in [0.1, 0.15) is 6.61 Å². The number of ether oxygens (including phenoxy) is 1. The van der Waals surface area contributed by atoms with Gasteiger partial charge < -0.3 is 10.5 Å². The summed E-state index contributed by atoms with van der Waals surface area (Å²) in [5.74, 6) is -2.79. The standard InChI is InChI=1S/C4H7F2NO/c5-4(6)2-8-1-3(4)7/h3H,1-2,7H2/t3-/m0/s1. The molecule has 0 aromatic heterocycles. The third-order valence-electron chi connectivity index (χ3n) is 1.13. The van der Waals surface area contributed by atoms with Crippen molar-refractivity contribution in [3.05, 3.63) is 0 Å². The van der Waals surface area contributed by atoms with Gasteiger partial charge in [0.15, 0.2) is 0 Å². The van der Waals surface area contributed by atoms with Crippen molar-refractivity contribution in [2.45, 2.75) is 12.0 Å². The first-order chi connectivity index (χ1) is 3.63. The Morgan fingerprint density at radius 1 is 1.62 bits per heavy atom. The fourth-order valence-electron chi connectivity index (χ4n) is 0.551. The summed E-state index contributed by atoms with van der Waals surface area (Å²) in [4.78, 5) is 0. The van der Waals surface area contributed by atoms with Crippen molar-refractivity contribution in [3.63, 3.8) is 0 Å². The first kappa shape index (κ1) is 5.91. The average Bonchev–Trinajstić information content (AvgIpc) is 1.86. The lowest BCUT2D eigenvalue weighted by Gasteiger charge is -2.09. The third kappa shape index (κ3) is 0.809. The summed E-state index contributed by atoms with van der Waals surface area (Å²) in [6.07, 6.45) is 0. The van der Waals surface area contributed by atoms with E-state index in [4.69, 9.17) is 5.73 Å². The molecule has 0 saturated carbocycles. The molecule has 0 amide bonds. The smallest absolute Gasteiger partial charge is 0.287 e. The fraction of sp³-hybridized carbons (Fsp3) is 1.00. The van der Waals surface area contributed by atoms with E-state index in [0.717, 1.165) is 0 Å². The quantitative estimate of drug-likeness (QED) is 0.491. The van der Waals surface area contributed by atoms with E-state index in [9.17, 15) is 8.78 Å². The number of hydrogen-bond acceptors (Lipinski definition) is 2. The highest BCUT2D eigenvalue weighted by molar-refractivity contribution is 4.84. The van der Waals surface area contributed by atoms with E-state index in [2.05, 4.69) is 4.74 Å². The summed E-state index contributed by atoms with van der Waals surface area (Å²) in [5.41, 5.74) is 4.94. The Morgan fingerprint density at radius 2 is 2.25 bits per heavy atom. The van der Waals surface area contributed by atoms with Crippen LogP contribution in [-0.4, -0.2) is 25.2 Å². The molecule has 1 atom stereocenters. The zero-order valence-electron chi connectivity index (χ0n) is 4.23. The van der Waals surface area contributed by atoms with Crippen LogP contribution in [0.2, 0.25) is 0 Å². The van der Waals surface area contributed by atoms with Gasteiger partial charge in [-0.15, -0.1) is 0 Å². The number of alkyl halides is 2. The maximum atomic E-state index is 12.1. The molecule has 0 spiro atoms. The summed E-state index contributed by atoms with van der Waals surface area (Å²) < 4.78 is 28.6. The number of rotatable bonds is 0. The number of halogens is 2. The van der Waals surface area contributed by atoms with Crippen LogP contribution in [0.15, 0.2) is 0 Å². The molecule has 2 nitrogen and oxygen atoms in total. The van der Waals surface area contributed by atoms with Crippen molar-refractivity contribution in [2.75, 3.05) is 13.2 Å². The van der Waals surface area contributed by atoms with Gasteiger partial charge in [0.25, 0.3) is 5.92 Å². The summed E-state index contributed by atoms with van der Waals surface area (Å²) in [6.45, 7) is -0.541. The van der Waals surface area contributed by atoms with Crippen LogP contribution in [0.3, 0.4) is 0 Å². The molecule has 1 heterocycles.